The van der Waals surface area contributed by atoms with Crippen molar-refractivity contribution in [1.29, 1.82) is 0 Å². The quantitative estimate of drug-likeness (QED) is 0.445. The first kappa shape index (κ1) is 27.3. The number of carbonyl (C=O) groups is 2. The number of hydrogen-bond donors (Lipinski definition) is 1. The highest BCUT2D eigenvalue weighted by Crippen LogP contribution is 2.22. The van der Waals surface area contributed by atoms with E-state index >= 15 is 0 Å². The number of hydrogen-bond acceptors (Lipinski definition) is 4. The van der Waals surface area contributed by atoms with Gasteiger partial charge in [0.2, 0.25) is 21.8 Å². The molecular weight excluding hydrogens is 481 g/mol. The van der Waals surface area contributed by atoms with Crippen LogP contribution in [0.1, 0.15) is 32.8 Å². The zero-order valence-corrected chi connectivity index (χ0v) is 21.8. The molecule has 0 radical (unpaired) electrons. The number of sulfonamides is 1. The second-order valence-corrected chi connectivity index (χ2v) is 10.9. The monoisotopic (exact) mass is 513 g/mol. The molecule has 0 aliphatic carbocycles. The van der Waals surface area contributed by atoms with Crippen LogP contribution in [0.4, 0.5) is 4.39 Å². The van der Waals surface area contributed by atoms with E-state index in [1.807, 2.05) is 38.1 Å². The lowest BCUT2D eigenvalue weighted by Crippen LogP contribution is -2.52. The molecule has 0 aromatic heterocycles. The number of nitrogens with one attached hydrogen (secondary N) is 1. The van der Waals surface area contributed by atoms with Crippen LogP contribution in [-0.4, -0.2) is 55.1 Å². The molecule has 0 aliphatic rings. The van der Waals surface area contributed by atoms with Crippen LogP contribution in [0, 0.1) is 5.82 Å². The average molecular weight is 514 g/mol. The van der Waals surface area contributed by atoms with Crippen molar-refractivity contribution in [2.75, 3.05) is 13.6 Å². The van der Waals surface area contributed by atoms with Crippen LogP contribution in [0.15, 0.2) is 71.6 Å². The van der Waals surface area contributed by atoms with Crippen LogP contribution in [0.25, 0.3) is 10.8 Å². The molecule has 3 aromatic rings. The van der Waals surface area contributed by atoms with E-state index in [2.05, 4.69) is 5.32 Å². The maximum Gasteiger partial charge on any atom is 0.243 e. The minimum Gasteiger partial charge on any atom is -0.352 e. The predicted octanol–water partition coefficient (Wildman–Crippen LogP) is 3.93. The van der Waals surface area contributed by atoms with E-state index in [1.165, 1.54) is 36.2 Å². The summed E-state index contributed by atoms with van der Waals surface area (Å²) in [4.78, 5) is 27.5. The topological polar surface area (TPSA) is 86.8 Å². The normalized spacial score (nSPS) is 13.4. The first-order valence-electron chi connectivity index (χ1n) is 11.8. The van der Waals surface area contributed by atoms with E-state index < -0.39 is 40.2 Å². The number of carbonyl (C=O) groups excluding carboxylic acids is 2. The molecule has 0 bridgehead atoms. The fourth-order valence-electron chi connectivity index (χ4n) is 3.73. The third-order valence-corrected chi connectivity index (χ3v) is 8.05. The van der Waals surface area contributed by atoms with E-state index in [0.717, 1.165) is 15.1 Å². The van der Waals surface area contributed by atoms with Crippen LogP contribution in [0.2, 0.25) is 0 Å². The standard InChI is InChI=1S/C27H32FN3O4S/c1-5-19(2)29-27(33)20(3)31(17-23-12-8-9-13-25(23)28)26(32)18-30(4)36(34,35)24-15-14-21-10-6-7-11-22(21)16-24/h6-16,19-20H,5,17-18H2,1-4H3,(H,29,33)/t19-,20-/m1/s1. The fourth-order valence-corrected chi connectivity index (χ4v) is 4.89. The Morgan fingerprint density at radius 2 is 1.61 bits per heavy atom. The van der Waals surface area contributed by atoms with Crippen molar-refractivity contribution in [3.8, 4) is 0 Å². The molecule has 0 unspecified atom stereocenters. The minimum atomic E-state index is -4.00. The van der Waals surface area contributed by atoms with Gasteiger partial charge in [-0.3, -0.25) is 9.59 Å². The van der Waals surface area contributed by atoms with E-state index in [4.69, 9.17) is 0 Å². The van der Waals surface area contributed by atoms with Gasteiger partial charge in [0.15, 0.2) is 0 Å². The first-order valence-corrected chi connectivity index (χ1v) is 13.3. The van der Waals surface area contributed by atoms with Crippen molar-refractivity contribution in [2.24, 2.45) is 0 Å². The second kappa shape index (κ2) is 11.6. The Labute approximate surface area is 212 Å². The van der Waals surface area contributed by atoms with Gasteiger partial charge in [-0.25, -0.2) is 12.8 Å². The highest BCUT2D eigenvalue weighted by molar-refractivity contribution is 7.89. The van der Waals surface area contributed by atoms with Gasteiger partial charge in [0.1, 0.15) is 11.9 Å². The third kappa shape index (κ3) is 6.27. The third-order valence-electron chi connectivity index (χ3n) is 6.25. The summed E-state index contributed by atoms with van der Waals surface area (Å²) in [6, 6.07) is 17.1. The Morgan fingerprint density at radius 3 is 2.28 bits per heavy atom. The summed E-state index contributed by atoms with van der Waals surface area (Å²) >= 11 is 0. The molecule has 0 fully saturated rings. The summed E-state index contributed by atoms with van der Waals surface area (Å²) in [7, 11) is -2.68. The summed E-state index contributed by atoms with van der Waals surface area (Å²) in [5.41, 5.74) is 0.231. The molecule has 36 heavy (non-hydrogen) atoms. The number of rotatable bonds is 10. The van der Waals surface area contributed by atoms with Crippen molar-refractivity contribution in [3.05, 3.63) is 78.1 Å². The second-order valence-electron chi connectivity index (χ2n) is 8.88. The first-order chi connectivity index (χ1) is 17.0. The molecule has 9 heteroatoms. The lowest BCUT2D eigenvalue weighted by molar-refractivity contribution is -0.140. The van der Waals surface area contributed by atoms with Gasteiger partial charge in [-0.15, -0.1) is 0 Å². The van der Waals surface area contributed by atoms with Gasteiger partial charge in [0.25, 0.3) is 0 Å². The van der Waals surface area contributed by atoms with Crippen molar-refractivity contribution >= 4 is 32.6 Å². The lowest BCUT2D eigenvalue weighted by atomic mass is 10.1. The van der Waals surface area contributed by atoms with E-state index in [0.29, 0.717) is 6.42 Å². The lowest BCUT2D eigenvalue weighted by Gasteiger charge is -2.31. The average Bonchev–Trinajstić information content (AvgIpc) is 2.87. The number of halogens is 1. The largest absolute Gasteiger partial charge is 0.352 e. The van der Waals surface area contributed by atoms with Gasteiger partial charge in [-0.1, -0.05) is 55.5 Å². The van der Waals surface area contributed by atoms with E-state index in [1.54, 1.807) is 25.1 Å². The zero-order chi connectivity index (χ0) is 26.5. The smallest absolute Gasteiger partial charge is 0.243 e. The number of fused-ring (bicyclic) bond motifs is 1. The molecule has 1 N–H and O–H groups in total. The van der Waals surface area contributed by atoms with E-state index in [9.17, 15) is 22.4 Å². The molecule has 0 spiro atoms. The van der Waals surface area contributed by atoms with Gasteiger partial charge in [0, 0.05) is 25.2 Å². The minimum absolute atomic E-state index is 0.0553. The molecule has 7 nitrogen and oxygen atoms in total. The molecule has 192 valence electrons. The zero-order valence-electron chi connectivity index (χ0n) is 20.9. The molecule has 3 aromatic carbocycles. The van der Waals surface area contributed by atoms with Gasteiger partial charge < -0.3 is 10.2 Å². The number of likely N-dealkylation sites (N-methyl/N-ethyl adjacent to an activating group) is 1. The number of amides is 2. The molecular formula is C27H32FN3O4S. The van der Waals surface area contributed by atoms with Gasteiger partial charge in [0.05, 0.1) is 11.4 Å². The maximum absolute atomic E-state index is 14.4. The van der Waals surface area contributed by atoms with Crippen LogP contribution in [-0.2, 0) is 26.2 Å². The Kier molecular flexibility index (Phi) is 8.81. The summed E-state index contributed by atoms with van der Waals surface area (Å²) < 4.78 is 41.9. The number of nitrogens with zero attached hydrogens (tertiary/aromatic N) is 2. The summed E-state index contributed by atoms with van der Waals surface area (Å²) in [6.45, 7) is 4.63. The maximum atomic E-state index is 14.4. The number of benzene rings is 3. The van der Waals surface area contributed by atoms with Gasteiger partial charge in [-0.2, -0.15) is 4.31 Å². The van der Waals surface area contributed by atoms with Crippen LogP contribution < -0.4 is 5.32 Å². The molecule has 2 atom stereocenters. The molecule has 0 heterocycles. The Hall–Kier alpha value is -3.30. The van der Waals surface area contributed by atoms with Gasteiger partial charge >= 0.3 is 0 Å². The Morgan fingerprint density at radius 1 is 0.972 bits per heavy atom. The van der Waals surface area contributed by atoms with Crippen molar-refractivity contribution in [3.63, 3.8) is 0 Å². The summed E-state index contributed by atoms with van der Waals surface area (Å²) in [5.74, 6) is -1.52. The molecule has 0 aliphatic heterocycles. The van der Waals surface area contributed by atoms with Crippen molar-refractivity contribution in [1.82, 2.24) is 14.5 Å². The SMILES string of the molecule is CC[C@@H](C)NC(=O)[C@@H](C)N(Cc1ccccc1F)C(=O)CN(C)S(=O)(=O)c1ccc2ccccc2c1. The molecule has 0 saturated carbocycles. The van der Waals surface area contributed by atoms with Crippen molar-refractivity contribution in [2.45, 2.75) is 50.7 Å². The van der Waals surface area contributed by atoms with Crippen LogP contribution in [0.3, 0.4) is 0 Å². The van der Waals surface area contributed by atoms with Crippen LogP contribution >= 0.6 is 0 Å². The van der Waals surface area contributed by atoms with Gasteiger partial charge in [-0.05, 0) is 49.2 Å². The molecule has 2 amide bonds. The molecule has 0 saturated heterocycles. The summed E-state index contributed by atoms with van der Waals surface area (Å²) in [6.07, 6.45) is 0.701. The highest BCUT2D eigenvalue weighted by Gasteiger charge is 2.31. The van der Waals surface area contributed by atoms with Crippen LogP contribution in [0.5, 0.6) is 0 Å². The fraction of sp³-hybridized carbons (Fsp3) is 0.333. The predicted molar refractivity (Wildman–Crippen MR) is 138 cm³/mol. The summed E-state index contributed by atoms with van der Waals surface area (Å²) in [5, 5.41) is 4.49. The molecule has 3 rings (SSSR count). The van der Waals surface area contributed by atoms with E-state index in [-0.39, 0.29) is 23.0 Å². The Balaban J connectivity index is 1.86. The Bertz CT molecular complexity index is 1350. The van der Waals surface area contributed by atoms with Crippen molar-refractivity contribution < 1.29 is 22.4 Å². The highest BCUT2D eigenvalue weighted by atomic mass is 32.2.